The molecule has 35 heavy (non-hydrogen) atoms. The van der Waals surface area contributed by atoms with Crippen molar-refractivity contribution in [2.75, 3.05) is 13.2 Å². The van der Waals surface area contributed by atoms with Crippen molar-refractivity contribution in [3.05, 3.63) is 105 Å². The minimum absolute atomic E-state index is 0.0260. The van der Waals surface area contributed by atoms with Gasteiger partial charge in [-0.15, -0.1) is 0 Å². The number of fused-ring (bicyclic) bond motifs is 2. The third-order valence-electron chi connectivity index (χ3n) is 6.01. The predicted molar refractivity (Wildman–Crippen MR) is 129 cm³/mol. The zero-order chi connectivity index (χ0) is 24.5. The maximum atomic E-state index is 14.0. The Bertz CT molecular complexity index is 1460. The molecule has 1 aliphatic rings. The van der Waals surface area contributed by atoms with E-state index in [1.807, 2.05) is 50.2 Å². The molecule has 0 radical (unpaired) electrons. The number of amides is 1. The summed E-state index contributed by atoms with van der Waals surface area (Å²) in [5.41, 5.74) is 1.50. The van der Waals surface area contributed by atoms with Crippen molar-refractivity contribution in [2.24, 2.45) is 0 Å². The van der Waals surface area contributed by atoms with Gasteiger partial charge >= 0.3 is 0 Å². The summed E-state index contributed by atoms with van der Waals surface area (Å²) in [5.74, 6) is 0.117. The Kier molecular flexibility index (Phi) is 5.99. The number of carbonyl (C=O) groups is 1. The lowest BCUT2D eigenvalue weighted by atomic mass is 9.97. The molecule has 1 amide bonds. The quantitative estimate of drug-likeness (QED) is 0.356. The van der Waals surface area contributed by atoms with Crippen molar-refractivity contribution in [1.82, 2.24) is 4.90 Å². The fourth-order valence-corrected chi connectivity index (χ4v) is 4.52. The number of carbonyl (C=O) groups excluding carboxylic acids is 1. The second kappa shape index (κ2) is 9.25. The summed E-state index contributed by atoms with van der Waals surface area (Å²) in [6.45, 7) is 4.89. The van der Waals surface area contributed by atoms with Crippen molar-refractivity contribution in [3.8, 4) is 11.5 Å². The van der Waals surface area contributed by atoms with Crippen LogP contribution in [0.2, 0.25) is 0 Å². The SMILES string of the molecule is CCOc1ccc(C2c3c(oc4ccc(F)cc4c3=O)C(=O)N2Cc2ccccc2)cc1OCC. The highest BCUT2D eigenvalue weighted by Crippen LogP contribution is 2.41. The van der Waals surface area contributed by atoms with Crippen molar-refractivity contribution < 1.29 is 23.1 Å². The van der Waals surface area contributed by atoms with Crippen LogP contribution in [0, 0.1) is 5.82 Å². The summed E-state index contributed by atoms with van der Waals surface area (Å²) in [6, 6.07) is 17.9. The van der Waals surface area contributed by atoms with Crippen LogP contribution in [0.15, 0.2) is 75.9 Å². The normalized spacial score (nSPS) is 14.9. The molecule has 0 saturated carbocycles. The van der Waals surface area contributed by atoms with Gasteiger partial charge in [0, 0.05) is 6.54 Å². The van der Waals surface area contributed by atoms with Gasteiger partial charge in [0.1, 0.15) is 11.4 Å². The van der Waals surface area contributed by atoms with Gasteiger partial charge in [-0.25, -0.2) is 4.39 Å². The molecule has 1 unspecified atom stereocenters. The van der Waals surface area contributed by atoms with E-state index in [4.69, 9.17) is 13.9 Å². The molecule has 4 aromatic rings. The molecule has 2 heterocycles. The molecule has 0 saturated heterocycles. The first kappa shape index (κ1) is 22.7. The molecule has 178 valence electrons. The molecule has 6 nitrogen and oxygen atoms in total. The summed E-state index contributed by atoms with van der Waals surface area (Å²) in [7, 11) is 0. The van der Waals surface area contributed by atoms with E-state index in [2.05, 4.69) is 0 Å². The minimum Gasteiger partial charge on any atom is -0.490 e. The van der Waals surface area contributed by atoms with Gasteiger partial charge in [0.2, 0.25) is 5.76 Å². The first-order chi connectivity index (χ1) is 17.0. The molecule has 0 spiro atoms. The Morgan fingerprint density at radius 2 is 1.66 bits per heavy atom. The number of rotatable bonds is 7. The molecular formula is C28H24FNO5. The maximum absolute atomic E-state index is 14.0. The van der Waals surface area contributed by atoms with Crippen LogP contribution in [0.3, 0.4) is 0 Å². The number of ether oxygens (including phenoxy) is 2. The van der Waals surface area contributed by atoms with Crippen LogP contribution in [0.25, 0.3) is 11.0 Å². The van der Waals surface area contributed by atoms with Gasteiger partial charge in [-0.1, -0.05) is 36.4 Å². The van der Waals surface area contributed by atoms with Crippen molar-refractivity contribution in [2.45, 2.75) is 26.4 Å². The third kappa shape index (κ3) is 4.03. The highest BCUT2D eigenvalue weighted by molar-refractivity contribution is 5.99. The first-order valence-corrected chi connectivity index (χ1v) is 11.5. The molecule has 0 aliphatic carbocycles. The van der Waals surface area contributed by atoms with Crippen LogP contribution in [0.1, 0.15) is 47.1 Å². The number of hydrogen-bond acceptors (Lipinski definition) is 5. The van der Waals surface area contributed by atoms with E-state index in [1.165, 1.54) is 12.1 Å². The topological polar surface area (TPSA) is 69.0 Å². The van der Waals surface area contributed by atoms with Gasteiger partial charge in [-0.3, -0.25) is 9.59 Å². The van der Waals surface area contributed by atoms with E-state index >= 15 is 0 Å². The Labute approximate surface area is 201 Å². The smallest absolute Gasteiger partial charge is 0.291 e. The summed E-state index contributed by atoms with van der Waals surface area (Å²) >= 11 is 0. The zero-order valence-corrected chi connectivity index (χ0v) is 19.4. The molecule has 3 aromatic carbocycles. The highest BCUT2D eigenvalue weighted by atomic mass is 19.1. The van der Waals surface area contributed by atoms with Crippen molar-refractivity contribution in [1.29, 1.82) is 0 Å². The molecule has 0 fully saturated rings. The van der Waals surface area contributed by atoms with Gasteiger partial charge < -0.3 is 18.8 Å². The predicted octanol–water partition coefficient (Wildman–Crippen LogP) is 5.47. The fourth-order valence-electron chi connectivity index (χ4n) is 4.52. The Hall–Kier alpha value is -4.13. The van der Waals surface area contributed by atoms with Gasteiger partial charge in [0.15, 0.2) is 16.9 Å². The highest BCUT2D eigenvalue weighted by Gasteiger charge is 2.43. The second-order valence-corrected chi connectivity index (χ2v) is 8.21. The summed E-state index contributed by atoms with van der Waals surface area (Å²) in [4.78, 5) is 28.8. The number of benzene rings is 3. The van der Waals surface area contributed by atoms with Crippen LogP contribution in [0.4, 0.5) is 4.39 Å². The van der Waals surface area contributed by atoms with Crippen molar-refractivity contribution >= 4 is 16.9 Å². The lowest BCUT2D eigenvalue weighted by molar-refractivity contribution is 0.0714. The van der Waals surface area contributed by atoms with Crippen LogP contribution in [-0.2, 0) is 6.54 Å². The minimum atomic E-state index is -0.739. The molecular weight excluding hydrogens is 449 g/mol. The van der Waals surface area contributed by atoms with Crippen LogP contribution in [0.5, 0.6) is 11.5 Å². The maximum Gasteiger partial charge on any atom is 0.291 e. The van der Waals surface area contributed by atoms with E-state index in [-0.39, 0.29) is 28.8 Å². The summed E-state index contributed by atoms with van der Waals surface area (Å²) in [5, 5.41) is 0.0964. The van der Waals surface area contributed by atoms with Crippen molar-refractivity contribution in [3.63, 3.8) is 0 Å². The molecule has 0 N–H and O–H groups in total. The molecule has 1 aliphatic heterocycles. The van der Waals surface area contributed by atoms with Crippen LogP contribution >= 0.6 is 0 Å². The number of hydrogen-bond donors (Lipinski definition) is 0. The van der Waals surface area contributed by atoms with E-state index in [1.54, 1.807) is 17.0 Å². The van der Waals surface area contributed by atoms with Gasteiger partial charge in [-0.05, 0) is 55.3 Å². The lowest BCUT2D eigenvalue weighted by Crippen LogP contribution is -2.29. The first-order valence-electron chi connectivity index (χ1n) is 11.5. The Morgan fingerprint density at radius 3 is 2.40 bits per heavy atom. The largest absolute Gasteiger partial charge is 0.490 e. The molecule has 0 bridgehead atoms. The van der Waals surface area contributed by atoms with E-state index in [9.17, 15) is 14.0 Å². The Balaban J connectivity index is 1.72. The van der Waals surface area contributed by atoms with Crippen LogP contribution in [-0.4, -0.2) is 24.0 Å². The van der Waals surface area contributed by atoms with Gasteiger partial charge in [-0.2, -0.15) is 0 Å². The van der Waals surface area contributed by atoms with Crippen LogP contribution < -0.4 is 14.9 Å². The molecule has 7 heteroatoms. The second-order valence-electron chi connectivity index (χ2n) is 8.21. The van der Waals surface area contributed by atoms with E-state index < -0.39 is 23.2 Å². The summed E-state index contributed by atoms with van der Waals surface area (Å²) < 4.78 is 31.4. The monoisotopic (exact) mass is 473 g/mol. The fraction of sp³-hybridized carbons (Fsp3) is 0.214. The van der Waals surface area contributed by atoms with Gasteiger partial charge in [0.05, 0.1) is 30.2 Å². The van der Waals surface area contributed by atoms with Gasteiger partial charge in [0.25, 0.3) is 5.91 Å². The Morgan fingerprint density at radius 1 is 0.914 bits per heavy atom. The average Bonchev–Trinajstić information content (AvgIpc) is 3.13. The molecule has 5 rings (SSSR count). The third-order valence-corrected chi connectivity index (χ3v) is 6.01. The zero-order valence-electron chi connectivity index (χ0n) is 19.4. The standard InChI is InChI=1S/C28H24FNO5/c1-3-33-22-12-10-18(14-23(22)34-4-2)25-24-26(31)20-15-19(29)11-13-21(20)35-27(24)28(32)30(25)16-17-8-6-5-7-9-17/h5-15,25H,3-4,16H2,1-2H3. The molecule has 1 atom stereocenters. The summed E-state index contributed by atoms with van der Waals surface area (Å²) in [6.07, 6.45) is 0. The number of halogens is 1. The lowest BCUT2D eigenvalue weighted by Gasteiger charge is -2.26. The number of nitrogens with zero attached hydrogens (tertiary/aromatic N) is 1. The average molecular weight is 474 g/mol. The van der Waals surface area contributed by atoms with E-state index in [0.717, 1.165) is 11.6 Å². The molecule has 1 aromatic heterocycles. The van der Waals surface area contributed by atoms with E-state index in [0.29, 0.717) is 30.3 Å².